The van der Waals surface area contributed by atoms with Crippen molar-refractivity contribution in [2.45, 2.75) is 3.74 Å². The van der Waals surface area contributed by atoms with Gasteiger partial charge >= 0.3 is 0 Å². The number of halogens is 2. The summed E-state index contributed by atoms with van der Waals surface area (Å²) in [6.07, 6.45) is 0. The van der Waals surface area contributed by atoms with Crippen LogP contribution < -0.4 is 0 Å². The molecule has 16 heavy (non-hydrogen) atoms. The van der Waals surface area contributed by atoms with Crippen LogP contribution in [0.4, 0.5) is 0 Å². The van der Waals surface area contributed by atoms with Gasteiger partial charge in [0.15, 0.2) is 0 Å². The number of rotatable bonds is 1. The van der Waals surface area contributed by atoms with E-state index in [0.29, 0.717) is 0 Å². The van der Waals surface area contributed by atoms with Gasteiger partial charge in [0.05, 0.1) is 3.74 Å². The molecule has 0 unspecified atom stereocenters. The van der Waals surface area contributed by atoms with Crippen molar-refractivity contribution in [3.8, 4) is 0 Å². The van der Waals surface area contributed by atoms with Crippen LogP contribution in [0, 0.1) is 0 Å². The molecule has 0 spiro atoms. The summed E-state index contributed by atoms with van der Waals surface area (Å²) in [5, 5.41) is 6.13. The molecule has 0 fully saturated rings. The Bertz CT molecular complexity index is 655. The minimum Gasteiger partial charge on any atom is -0.143 e. The molecule has 0 aliphatic heterocycles. The molecule has 0 amide bonds. The SMILES string of the molecule is BrC(Br)c1cc2ccsc2c2ccccc12. The number of fused-ring (bicyclic) bond motifs is 3. The van der Waals surface area contributed by atoms with Crippen LogP contribution in [0.5, 0.6) is 0 Å². The van der Waals surface area contributed by atoms with Gasteiger partial charge in [0.2, 0.25) is 0 Å². The molecule has 80 valence electrons. The highest BCUT2D eigenvalue weighted by atomic mass is 79.9. The number of thiophene rings is 1. The number of alkyl halides is 2. The average molecular weight is 356 g/mol. The molecule has 0 saturated carbocycles. The number of hydrogen-bond acceptors (Lipinski definition) is 1. The van der Waals surface area contributed by atoms with E-state index < -0.39 is 0 Å². The second-order valence-electron chi connectivity index (χ2n) is 3.65. The molecule has 3 rings (SSSR count). The third-order valence-electron chi connectivity index (χ3n) is 2.72. The van der Waals surface area contributed by atoms with Crippen molar-refractivity contribution in [2.75, 3.05) is 0 Å². The molecule has 3 aromatic rings. The van der Waals surface area contributed by atoms with Crippen LogP contribution in [0.15, 0.2) is 41.8 Å². The van der Waals surface area contributed by atoms with Crippen molar-refractivity contribution >= 4 is 64.1 Å². The summed E-state index contributed by atoms with van der Waals surface area (Å²) >= 11 is 9.00. The molecular weight excluding hydrogens is 348 g/mol. The predicted molar refractivity (Wildman–Crippen MR) is 79.9 cm³/mol. The van der Waals surface area contributed by atoms with Crippen molar-refractivity contribution in [3.05, 3.63) is 47.3 Å². The highest BCUT2D eigenvalue weighted by molar-refractivity contribution is 9.24. The van der Waals surface area contributed by atoms with Crippen LogP contribution in [0.3, 0.4) is 0 Å². The van der Waals surface area contributed by atoms with Crippen LogP contribution in [-0.2, 0) is 0 Å². The zero-order valence-electron chi connectivity index (χ0n) is 8.28. The average Bonchev–Trinajstić information content (AvgIpc) is 2.75. The minimum atomic E-state index is 0.203. The van der Waals surface area contributed by atoms with Gasteiger partial charge in [-0.2, -0.15) is 0 Å². The van der Waals surface area contributed by atoms with Gasteiger partial charge in [0.25, 0.3) is 0 Å². The lowest BCUT2D eigenvalue weighted by Gasteiger charge is -2.08. The Morgan fingerprint density at radius 1 is 1.00 bits per heavy atom. The van der Waals surface area contributed by atoms with Gasteiger partial charge in [-0.3, -0.25) is 0 Å². The molecule has 1 heterocycles. The first-order valence-electron chi connectivity index (χ1n) is 4.94. The summed E-state index contributed by atoms with van der Waals surface area (Å²) in [4.78, 5) is 0. The molecule has 0 aliphatic rings. The van der Waals surface area contributed by atoms with Gasteiger partial charge in [-0.25, -0.2) is 0 Å². The van der Waals surface area contributed by atoms with Gasteiger partial charge in [0.1, 0.15) is 0 Å². The summed E-state index contributed by atoms with van der Waals surface area (Å²) in [5.41, 5.74) is 1.29. The Labute approximate surface area is 115 Å². The summed E-state index contributed by atoms with van der Waals surface area (Å²) in [5.74, 6) is 0. The van der Waals surface area contributed by atoms with Crippen molar-refractivity contribution in [1.82, 2.24) is 0 Å². The maximum Gasteiger partial charge on any atom is 0.0952 e. The number of benzene rings is 2. The van der Waals surface area contributed by atoms with Crippen molar-refractivity contribution < 1.29 is 0 Å². The fourth-order valence-corrected chi connectivity index (χ4v) is 3.69. The van der Waals surface area contributed by atoms with E-state index in [-0.39, 0.29) is 3.74 Å². The van der Waals surface area contributed by atoms with Crippen LogP contribution in [-0.4, -0.2) is 0 Å². The Kier molecular flexibility index (Phi) is 2.78. The maximum atomic E-state index is 3.60. The topological polar surface area (TPSA) is 0 Å². The van der Waals surface area contributed by atoms with Gasteiger partial charge in [-0.15, -0.1) is 11.3 Å². The second kappa shape index (κ2) is 4.13. The van der Waals surface area contributed by atoms with Gasteiger partial charge in [-0.1, -0.05) is 56.1 Å². The van der Waals surface area contributed by atoms with Crippen molar-refractivity contribution in [3.63, 3.8) is 0 Å². The fraction of sp³-hybridized carbons (Fsp3) is 0.0769. The smallest absolute Gasteiger partial charge is 0.0952 e. The molecule has 3 heteroatoms. The molecule has 0 bridgehead atoms. The van der Waals surface area contributed by atoms with Crippen molar-refractivity contribution in [1.29, 1.82) is 0 Å². The van der Waals surface area contributed by atoms with Gasteiger partial charge in [-0.05, 0) is 39.2 Å². The molecular formula is C13H8Br2S. The zero-order chi connectivity index (χ0) is 11.1. The number of hydrogen-bond donors (Lipinski definition) is 0. The van der Waals surface area contributed by atoms with Crippen LogP contribution in [0.1, 0.15) is 9.30 Å². The van der Waals surface area contributed by atoms with E-state index in [1.165, 1.54) is 26.4 Å². The maximum absolute atomic E-state index is 3.60. The van der Waals surface area contributed by atoms with E-state index in [1.54, 1.807) is 11.3 Å². The fourth-order valence-electron chi connectivity index (χ4n) is 2.01. The summed E-state index contributed by atoms with van der Waals surface area (Å²) in [6.45, 7) is 0. The van der Waals surface area contributed by atoms with E-state index in [0.717, 1.165) is 0 Å². The normalized spacial score (nSPS) is 11.7. The monoisotopic (exact) mass is 354 g/mol. The first-order chi connectivity index (χ1) is 7.77. The largest absolute Gasteiger partial charge is 0.143 e. The molecule has 0 saturated heterocycles. The van der Waals surface area contributed by atoms with E-state index in [1.807, 2.05) is 0 Å². The second-order valence-corrected chi connectivity index (χ2v) is 7.63. The lowest BCUT2D eigenvalue weighted by molar-refractivity contribution is 1.50. The third-order valence-corrected chi connectivity index (χ3v) is 4.67. The predicted octanol–water partition coefficient (Wildman–Crippen LogP) is 5.84. The Morgan fingerprint density at radius 2 is 1.75 bits per heavy atom. The first-order valence-corrected chi connectivity index (χ1v) is 7.65. The quantitative estimate of drug-likeness (QED) is 0.481. The highest BCUT2D eigenvalue weighted by Gasteiger charge is 2.11. The van der Waals surface area contributed by atoms with Crippen LogP contribution in [0.25, 0.3) is 20.9 Å². The Morgan fingerprint density at radius 3 is 2.50 bits per heavy atom. The molecule has 0 atom stereocenters. The molecule has 2 aromatic carbocycles. The summed E-state index contributed by atoms with van der Waals surface area (Å²) in [6, 6.07) is 13.0. The van der Waals surface area contributed by atoms with E-state index in [9.17, 15) is 0 Å². The standard InChI is InChI=1S/C13H8Br2S/c14-13(15)11-7-8-5-6-16-12(8)10-4-2-1-3-9(10)11/h1-7,13H. The van der Waals surface area contributed by atoms with Gasteiger partial charge in [0, 0.05) is 4.70 Å². The Balaban J connectivity index is 2.55. The minimum absolute atomic E-state index is 0.203. The zero-order valence-corrected chi connectivity index (χ0v) is 12.3. The van der Waals surface area contributed by atoms with E-state index in [4.69, 9.17) is 0 Å². The highest BCUT2D eigenvalue weighted by Crippen LogP contribution is 2.39. The summed E-state index contributed by atoms with van der Waals surface area (Å²) in [7, 11) is 0. The Hall–Kier alpha value is -0.380. The molecule has 0 N–H and O–H groups in total. The summed E-state index contributed by atoms with van der Waals surface area (Å²) < 4.78 is 1.58. The molecule has 0 aliphatic carbocycles. The lowest BCUT2D eigenvalue weighted by Crippen LogP contribution is -1.84. The van der Waals surface area contributed by atoms with Crippen molar-refractivity contribution in [2.24, 2.45) is 0 Å². The van der Waals surface area contributed by atoms with Crippen LogP contribution >= 0.6 is 43.2 Å². The lowest BCUT2D eigenvalue weighted by atomic mass is 10.0. The third kappa shape index (κ3) is 1.62. The van der Waals surface area contributed by atoms with E-state index in [2.05, 4.69) is 73.6 Å². The van der Waals surface area contributed by atoms with E-state index >= 15 is 0 Å². The molecule has 1 aromatic heterocycles. The molecule has 0 nitrogen and oxygen atoms in total. The molecule has 0 radical (unpaired) electrons. The first kappa shape index (κ1) is 10.8. The van der Waals surface area contributed by atoms with Crippen LogP contribution in [0.2, 0.25) is 0 Å². The van der Waals surface area contributed by atoms with Gasteiger partial charge < -0.3 is 0 Å².